The fraction of sp³-hybridized carbons (Fsp3) is 0.400. The molecule has 1 nitrogen and oxygen atoms in total. The van der Waals surface area contributed by atoms with Gasteiger partial charge in [-0.15, -0.1) is 0 Å². The Morgan fingerprint density at radius 2 is 1.82 bits per heavy atom. The first-order valence-electron chi connectivity index (χ1n) is 4.01. The van der Waals surface area contributed by atoms with E-state index in [1.54, 1.807) is 0 Å². The summed E-state index contributed by atoms with van der Waals surface area (Å²) in [6.07, 6.45) is 0.969. The van der Waals surface area contributed by atoms with Crippen LogP contribution in [0.25, 0.3) is 0 Å². The highest BCUT2D eigenvalue weighted by molar-refractivity contribution is 5.22. The van der Waals surface area contributed by atoms with Gasteiger partial charge in [0.25, 0.3) is 0 Å². The Morgan fingerprint density at radius 3 is 2.27 bits per heavy atom. The third kappa shape index (κ3) is 1.81. The minimum Gasteiger partial charge on any atom is -0.322 e. The Kier molecular flexibility index (Phi) is 2.30. The van der Waals surface area contributed by atoms with Crippen LogP contribution in [0.2, 0.25) is 0 Å². The smallest absolute Gasteiger partial charge is 0.0378 e. The van der Waals surface area contributed by atoms with Crippen LogP contribution < -0.4 is 5.73 Å². The van der Waals surface area contributed by atoms with Crippen LogP contribution in [0.5, 0.6) is 0 Å². The van der Waals surface area contributed by atoms with Crippen molar-refractivity contribution in [3.05, 3.63) is 35.9 Å². The maximum atomic E-state index is 6.04. The van der Waals surface area contributed by atoms with Crippen LogP contribution in [-0.2, 0) is 5.54 Å². The van der Waals surface area contributed by atoms with Crippen molar-refractivity contribution in [2.24, 2.45) is 5.73 Å². The van der Waals surface area contributed by atoms with Crippen LogP contribution in [0, 0.1) is 0 Å². The summed E-state index contributed by atoms with van der Waals surface area (Å²) in [7, 11) is 0. The van der Waals surface area contributed by atoms with Crippen LogP contribution in [-0.4, -0.2) is 0 Å². The standard InChI is InChI=1S/C10H15N/c1-3-10(2,11)9-7-5-4-6-8-9/h4-8H,3,11H2,1-2H3/t10-/m0/s1. The maximum Gasteiger partial charge on any atom is 0.0378 e. The third-order valence-electron chi connectivity index (χ3n) is 2.17. The first kappa shape index (κ1) is 8.28. The summed E-state index contributed by atoms with van der Waals surface area (Å²) in [5, 5.41) is 0. The van der Waals surface area contributed by atoms with Crippen molar-refractivity contribution in [2.45, 2.75) is 25.8 Å². The zero-order valence-electron chi connectivity index (χ0n) is 7.17. The molecule has 0 radical (unpaired) electrons. The number of hydrogen-bond donors (Lipinski definition) is 1. The molecule has 1 aromatic carbocycles. The lowest BCUT2D eigenvalue weighted by molar-refractivity contribution is 0.476. The fourth-order valence-corrected chi connectivity index (χ4v) is 1.02. The summed E-state index contributed by atoms with van der Waals surface area (Å²) in [5.41, 5.74) is 7.08. The van der Waals surface area contributed by atoms with Crippen molar-refractivity contribution < 1.29 is 0 Å². The second-order valence-electron chi connectivity index (χ2n) is 3.14. The molecule has 0 aliphatic heterocycles. The van der Waals surface area contributed by atoms with E-state index in [1.165, 1.54) is 5.56 Å². The van der Waals surface area contributed by atoms with E-state index in [-0.39, 0.29) is 5.54 Å². The summed E-state index contributed by atoms with van der Waals surface area (Å²) in [6.45, 7) is 4.16. The maximum absolute atomic E-state index is 6.04. The van der Waals surface area contributed by atoms with Gasteiger partial charge in [-0.1, -0.05) is 37.3 Å². The quantitative estimate of drug-likeness (QED) is 0.685. The molecule has 0 heterocycles. The second-order valence-corrected chi connectivity index (χ2v) is 3.14. The molecule has 1 atom stereocenters. The highest BCUT2D eigenvalue weighted by Gasteiger charge is 2.16. The number of benzene rings is 1. The van der Waals surface area contributed by atoms with E-state index in [0.717, 1.165) is 6.42 Å². The van der Waals surface area contributed by atoms with E-state index in [0.29, 0.717) is 0 Å². The van der Waals surface area contributed by atoms with Gasteiger partial charge in [-0.3, -0.25) is 0 Å². The zero-order chi connectivity index (χ0) is 8.32. The molecule has 0 saturated heterocycles. The minimum atomic E-state index is -0.165. The van der Waals surface area contributed by atoms with Crippen molar-refractivity contribution in [3.8, 4) is 0 Å². The normalized spacial score (nSPS) is 15.9. The fourth-order valence-electron chi connectivity index (χ4n) is 1.02. The number of rotatable bonds is 2. The molecule has 0 aromatic heterocycles. The second kappa shape index (κ2) is 3.05. The van der Waals surface area contributed by atoms with Gasteiger partial charge in [0.15, 0.2) is 0 Å². The molecule has 0 aliphatic carbocycles. The minimum absolute atomic E-state index is 0.165. The van der Waals surface area contributed by atoms with E-state index < -0.39 is 0 Å². The lowest BCUT2D eigenvalue weighted by atomic mass is 9.91. The number of nitrogens with two attached hydrogens (primary N) is 1. The van der Waals surface area contributed by atoms with E-state index in [2.05, 4.69) is 26.0 Å². The lowest BCUT2D eigenvalue weighted by Gasteiger charge is -2.22. The van der Waals surface area contributed by atoms with Crippen molar-refractivity contribution in [3.63, 3.8) is 0 Å². The average Bonchev–Trinajstić information content (AvgIpc) is 2.06. The van der Waals surface area contributed by atoms with Gasteiger partial charge < -0.3 is 5.73 Å². The number of hydrogen-bond acceptors (Lipinski definition) is 1. The van der Waals surface area contributed by atoms with E-state index in [9.17, 15) is 0 Å². The predicted molar refractivity (Wildman–Crippen MR) is 48.3 cm³/mol. The van der Waals surface area contributed by atoms with Gasteiger partial charge in [-0.2, -0.15) is 0 Å². The lowest BCUT2D eigenvalue weighted by Crippen LogP contribution is -2.31. The Balaban J connectivity index is 2.93. The predicted octanol–water partition coefficient (Wildman–Crippen LogP) is 2.27. The van der Waals surface area contributed by atoms with Crippen molar-refractivity contribution in [1.29, 1.82) is 0 Å². The highest BCUT2D eigenvalue weighted by atomic mass is 14.7. The zero-order valence-corrected chi connectivity index (χ0v) is 7.17. The van der Waals surface area contributed by atoms with Gasteiger partial charge in [0.1, 0.15) is 0 Å². The van der Waals surface area contributed by atoms with Crippen LogP contribution in [0.1, 0.15) is 25.8 Å². The van der Waals surface area contributed by atoms with Gasteiger partial charge in [-0.05, 0) is 18.9 Å². The average molecular weight is 149 g/mol. The summed E-state index contributed by atoms with van der Waals surface area (Å²) in [5.74, 6) is 0. The molecular formula is C10H15N. The molecule has 1 aromatic rings. The molecule has 0 aliphatic rings. The molecule has 60 valence electrons. The highest BCUT2D eigenvalue weighted by Crippen LogP contribution is 2.19. The van der Waals surface area contributed by atoms with E-state index in [1.807, 2.05) is 18.2 Å². The van der Waals surface area contributed by atoms with E-state index in [4.69, 9.17) is 5.73 Å². The molecule has 1 heteroatoms. The molecule has 0 bridgehead atoms. The molecule has 2 N–H and O–H groups in total. The van der Waals surface area contributed by atoms with Gasteiger partial charge in [0.05, 0.1) is 0 Å². The SMILES string of the molecule is CC[C@](C)(N)c1ccccc1. The van der Waals surface area contributed by atoms with Gasteiger partial charge in [-0.25, -0.2) is 0 Å². The Labute approximate surface area is 68.2 Å². The largest absolute Gasteiger partial charge is 0.322 e. The van der Waals surface area contributed by atoms with E-state index >= 15 is 0 Å². The molecule has 11 heavy (non-hydrogen) atoms. The Hall–Kier alpha value is -0.820. The van der Waals surface area contributed by atoms with Gasteiger partial charge in [0.2, 0.25) is 0 Å². The van der Waals surface area contributed by atoms with Crippen LogP contribution in [0.15, 0.2) is 30.3 Å². The summed E-state index contributed by atoms with van der Waals surface area (Å²) < 4.78 is 0. The topological polar surface area (TPSA) is 26.0 Å². The summed E-state index contributed by atoms with van der Waals surface area (Å²) in [4.78, 5) is 0. The molecule has 0 fully saturated rings. The molecule has 1 rings (SSSR count). The van der Waals surface area contributed by atoms with Crippen LogP contribution >= 0.6 is 0 Å². The summed E-state index contributed by atoms with van der Waals surface area (Å²) >= 11 is 0. The Bertz CT molecular complexity index is 214. The molecular weight excluding hydrogens is 134 g/mol. The van der Waals surface area contributed by atoms with Crippen LogP contribution in [0.4, 0.5) is 0 Å². The third-order valence-corrected chi connectivity index (χ3v) is 2.17. The summed E-state index contributed by atoms with van der Waals surface area (Å²) in [6, 6.07) is 10.2. The molecule has 0 spiro atoms. The molecule has 0 saturated carbocycles. The first-order valence-corrected chi connectivity index (χ1v) is 4.01. The van der Waals surface area contributed by atoms with Gasteiger partial charge in [0, 0.05) is 5.54 Å². The van der Waals surface area contributed by atoms with Gasteiger partial charge >= 0.3 is 0 Å². The van der Waals surface area contributed by atoms with Crippen molar-refractivity contribution >= 4 is 0 Å². The first-order chi connectivity index (χ1) is 5.17. The monoisotopic (exact) mass is 149 g/mol. The molecule has 0 amide bonds. The van der Waals surface area contributed by atoms with Crippen molar-refractivity contribution in [1.82, 2.24) is 0 Å². The van der Waals surface area contributed by atoms with Crippen LogP contribution in [0.3, 0.4) is 0 Å². The van der Waals surface area contributed by atoms with Crippen molar-refractivity contribution in [2.75, 3.05) is 0 Å². The Morgan fingerprint density at radius 1 is 1.27 bits per heavy atom. The molecule has 0 unspecified atom stereocenters.